The normalized spacial score (nSPS) is 22.2. The Balaban J connectivity index is 2.42. The molecule has 1 aliphatic heterocycles. The van der Waals surface area contributed by atoms with Crippen molar-refractivity contribution in [2.45, 2.75) is 224 Å². The first kappa shape index (κ1) is 47.7. The summed E-state index contributed by atoms with van der Waals surface area (Å²) < 4.78 is 11.2. The van der Waals surface area contributed by atoms with Gasteiger partial charge in [0.1, 0.15) is 24.4 Å². The number of aliphatic hydroxyl groups is 5. The molecule has 0 spiro atoms. The summed E-state index contributed by atoms with van der Waals surface area (Å²) in [5.41, 5.74) is 0. The Morgan fingerprint density at radius 3 is 1.63 bits per heavy atom. The van der Waals surface area contributed by atoms with E-state index < -0.39 is 49.5 Å². The summed E-state index contributed by atoms with van der Waals surface area (Å²) in [5.74, 6) is -0.188. The molecule has 0 aromatic carbocycles. The minimum atomic E-state index is -1.56. The van der Waals surface area contributed by atoms with Crippen LogP contribution in [0.1, 0.15) is 181 Å². The first-order chi connectivity index (χ1) is 24.8. The van der Waals surface area contributed by atoms with Crippen molar-refractivity contribution in [3.8, 4) is 0 Å². The number of allylic oxidation sites excluding steroid dienone is 3. The van der Waals surface area contributed by atoms with Gasteiger partial charge in [-0.25, -0.2) is 0 Å². The van der Waals surface area contributed by atoms with Crippen molar-refractivity contribution in [3.05, 3.63) is 24.3 Å². The second kappa shape index (κ2) is 33.3. The van der Waals surface area contributed by atoms with Crippen molar-refractivity contribution >= 4 is 5.91 Å². The van der Waals surface area contributed by atoms with Crippen LogP contribution in [0.5, 0.6) is 0 Å². The third-order valence-electron chi connectivity index (χ3n) is 10.0. The Bertz CT molecular complexity index is 853. The number of hydrogen-bond acceptors (Lipinski definition) is 8. The summed E-state index contributed by atoms with van der Waals surface area (Å²) >= 11 is 0. The third kappa shape index (κ3) is 24.6. The maximum absolute atomic E-state index is 12.9. The summed E-state index contributed by atoms with van der Waals surface area (Å²) in [5, 5.41) is 54.0. The van der Waals surface area contributed by atoms with Gasteiger partial charge in [-0.1, -0.05) is 154 Å². The molecule has 7 atom stereocenters. The van der Waals surface area contributed by atoms with Crippen LogP contribution in [0.2, 0.25) is 0 Å². The Morgan fingerprint density at radius 2 is 1.10 bits per heavy atom. The summed E-state index contributed by atoms with van der Waals surface area (Å²) in [7, 11) is 0. The van der Waals surface area contributed by atoms with Gasteiger partial charge in [0.15, 0.2) is 6.29 Å². The second-order valence-corrected chi connectivity index (χ2v) is 14.8. The lowest BCUT2D eigenvalue weighted by Gasteiger charge is -2.40. The first-order valence-electron chi connectivity index (χ1n) is 21.1. The van der Waals surface area contributed by atoms with E-state index in [1.807, 2.05) is 6.08 Å². The molecule has 9 heteroatoms. The van der Waals surface area contributed by atoms with E-state index in [9.17, 15) is 30.3 Å². The lowest BCUT2D eigenvalue weighted by atomic mass is 9.99. The number of unbranched alkanes of at least 4 members (excludes halogenated alkanes) is 22. The summed E-state index contributed by atoms with van der Waals surface area (Å²) in [6.45, 7) is 3.73. The number of rotatable bonds is 34. The van der Waals surface area contributed by atoms with Crippen molar-refractivity contribution in [1.82, 2.24) is 5.32 Å². The van der Waals surface area contributed by atoms with Gasteiger partial charge >= 0.3 is 0 Å². The van der Waals surface area contributed by atoms with Crippen LogP contribution in [-0.2, 0) is 14.3 Å². The number of amides is 1. The van der Waals surface area contributed by atoms with Crippen molar-refractivity contribution in [2.75, 3.05) is 13.2 Å². The van der Waals surface area contributed by atoms with Crippen LogP contribution in [0.15, 0.2) is 24.3 Å². The van der Waals surface area contributed by atoms with Crippen molar-refractivity contribution in [2.24, 2.45) is 0 Å². The first-order valence-corrected chi connectivity index (χ1v) is 21.1. The highest BCUT2D eigenvalue weighted by molar-refractivity contribution is 5.76. The molecule has 0 aliphatic carbocycles. The fourth-order valence-corrected chi connectivity index (χ4v) is 6.56. The Labute approximate surface area is 311 Å². The highest BCUT2D eigenvalue weighted by Crippen LogP contribution is 2.22. The molecule has 1 amide bonds. The van der Waals surface area contributed by atoms with Crippen LogP contribution >= 0.6 is 0 Å². The molecule has 0 saturated carbocycles. The van der Waals surface area contributed by atoms with Crippen molar-refractivity contribution < 1.29 is 39.8 Å². The zero-order chi connectivity index (χ0) is 37.4. The van der Waals surface area contributed by atoms with E-state index in [4.69, 9.17) is 9.47 Å². The van der Waals surface area contributed by atoms with E-state index >= 15 is 0 Å². The molecular formula is C42H79NO8. The molecule has 0 radical (unpaired) electrons. The third-order valence-corrected chi connectivity index (χ3v) is 10.0. The van der Waals surface area contributed by atoms with Gasteiger partial charge in [-0.3, -0.25) is 4.79 Å². The summed E-state index contributed by atoms with van der Waals surface area (Å²) in [4.78, 5) is 12.9. The number of nitrogens with one attached hydrogen (secondary N) is 1. The molecule has 0 bridgehead atoms. The highest BCUT2D eigenvalue weighted by atomic mass is 16.7. The minimum Gasteiger partial charge on any atom is -0.394 e. The quantitative estimate of drug-likeness (QED) is 0.0289. The van der Waals surface area contributed by atoms with Gasteiger partial charge in [0, 0.05) is 6.42 Å². The molecule has 1 heterocycles. The summed E-state index contributed by atoms with van der Waals surface area (Å²) in [6.07, 6.45) is 30.7. The van der Waals surface area contributed by atoms with Crippen LogP contribution in [0.3, 0.4) is 0 Å². The van der Waals surface area contributed by atoms with Gasteiger partial charge < -0.3 is 40.3 Å². The van der Waals surface area contributed by atoms with Crippen molar-refractivity contribution in [1.29, 1.82) is 0 Å². The van der Waals surface area contributed by atoms with Crippen LogP contribution in [-0.4, -0.2) is 87.5 Å². The van der Waals surface area contributed by atoms with Crippen LogP contribution in [0.25, 0.3) is 0 Å². The lowest BCUT2D eigenvalue weighted by Crippen LogP contribution is -2.60. The molecule has 7 unspecified atom stereocenters. The zero-order valence-corrected chi connectivity index (χ0v) is 32.6. The Morgan fingerprint density at radius 1 is 0.647 bits per heavy atom. The predicted octanol–water partition coefficient (Wildman–Crippen LogP) is 7.94. The summed E-state index contributed by atoms with van der Waals surface area (Å²) in [6, 6.07) is -0.804. The molecule has 1 saturated heterocycles. The average Bonchev–Trinajstić information content (AvgIpc) is 3.13. The number of hydrogen-bond donors (Lipinski definition) is 6. The maximum Gasteiger partial charge on any atom is 0.220 e. The second-order valence-electron chi connectivity index (χ2n) is 14.8. The topological polar surface area (TPSA) is 149 Å². The monoisotopic (exact) mass is 726 g/mol. The van der Waals surface area contributed by atoms with Gasteiger partial charge in [0.2, 0.25) is 5.91 Å². The van der Waals surface area contributed by atoms with Gasteiger partial charge in [0.05, 0.1) is 25.4 Å². The van der Waals surface area contributed by atoms with Gasteiger partial charge in [0.25, 0.3) is 0 Å². The van der Waals surface area contributed by atoms with E-state index in [2.05, 4.69) is 31.3 Å². The fourth-order valence-electron chi connectivity index (χ4n) is 6.56. The van der Waals surface area contributed by atoms with E-state index in [1.165, 1.54) is 103 Å². The molecule has 1 rings (SSSR count). The molecule has 51 heavy (non-hydrogen) atoms. The van der Waals surface area contributed by atoms with Crippen LogP contribution < -0.4 is 5.32 Å². The van der Waals surface area contributed by atoms with E-state index in [-0.39, 0.29) is 12.5 Å². The molecule has 0 aromatic heterocycles. The smallest absolute Gasteiger partial charge is 0.220 e. The largest absolute Gasteiger partial charge is 0.394 e. The van der Waals surface area contributed by atoms with Crippen molar-refractivity contribution in [3.63, 3.8) is 0 Å². The zero-order valence-electron chi connectivity index (χ0n) is 32.6. The number of ether oxygens (including phenoxy) is 2. The van der Waals surface area contributed by atoms with E-state index in [0.29, 0.717) is 6.42 Å². The van der Waals surface area contributed by atoms with Crippen LogP contribution in [0, 0.1) is 0 Å². The molecule has 1 fully saturated rings. The number of carbonyl (C=O) groups excluding carboxylic acids is 1. The molecule has 0 aromatic rings. The highest BCUT2D eigenvalue weighted by Gasteiger charge is 2.44. The van der Waals surface area contributed by atoms with Gasteiger partial charge in [-0.15, -0.1) is 0 Å². The molecule has 1 aliphatic rings. The fraction of sp³-hybridized carbons (Fsp3) is 0.881. The number of aliphatic hydroxyl groups excluding tert-OH is 5. The maximum atomic E-state index is 12.9. The molecule has 300 valence electrons. The molecular weight excluding hydrogens is 646 g/mol. The van der Waals surface area contributed by atoms with E-state index in [0.717, 1.165) is 57.8 Å². The lowest BCUT2D eigenvalue weighted by molar-refractivity contribution is -0.302. The Kier molecular flexibility index (Phi) is 31.1. The van der Waals surface area contributed by atoms with Gasteiger partial charge in [-0.05, 0) is 44.9 Å². The van der Waals surface area contributed by atoms with Gasteiger partial charge in [-0.2, -0.15) is 0 Å². The molecule has 6 N–H and O–H groups in total. The average molecular weight is 726 g/mol. The van der Waals surface area contributed by atoms with Crippen LogP contribution in [0.4, 0.5) is 0 Å². The SMILES string of the molecule is CCCCC/C=C\CCCCCCCC(=O)NC(COC1OC(CO)C(O)C(O)C1O)C(O)/C=C/CCCCCCCCCCCCCCCC. The molecule has 9 nitrogen and oxygen atoms in total. The minimum absolute atomic E-state index is 0.188. The standard InChI is InChI=1S/C42H79NO8/c1-3-5-7-9-11-13-15-17-18-19-20-21-23-25-27-29-31-36(45)35(34-50-42-41(49)40(48)39(47)37(33-44)51-42)43-38(46)32-30-28-26-24-22-16-14-12-10-8-6-4-2/h12,14,29,31,35-37,39-42,44-45,47-49H,3-11,13,15-28,30,32-34H2,1-2H3,(H,43,46)/b14-12-,31-29+. The predicted molar refractivity (Wildman–Crippen MR) is 207 cm³/mol. The van der Waals surface area contributed by atoms with E-state index in [1.54, 1.807) is 6.08 Å². The Hall–Kier alpha value is -1.33. The number of carbonyl (C=O) groups is 1.